The van der Waals surface area contributed by atoms with E-state index in [-0.39, 0.29) is 5.78 Å². The van der Waals surface area contributed by atoms with E-state index in [2.05, 4.69) is 17.0 Å². The van der Waals surface area contributed by atoms with Crippen LogP contribution in [0.15, 0.2) is 34.9 Å². The van der Waals surface area contributed by atoms with Crippen molar-refractivity contribution in [3.8, 4) is 0 Å². The second kappa shape index (κ2) is 3.95. The second-order valence-electron chi connectivity index (χ2n) is 5.76. The van der Waals surface area contributed by atoms with Gasteiger partial charge in [-0.1, -0.05) is 12.2 Å². The van der Waals surface area contributed by atoms with E-state index in [0.717, 1.165) is 18.4 Å². The molecule has 0 aromatic heterocycles. The van der Waals surface area contributed by atoms with Gasteiger partial charge in [-0.05, 0) is 36.5 Å². The molecule has 18 heavy (non-hydrogen) atoms. The number of nitrogens with zero attached hydrogens (tertiary/aromatic N) is 1. The lowest BCUT2D eigenvalue weighted by Gasteiger charge is -2.27. The maximum atomic E-state index is 11.6. The van der Waals surface area contributed by atoms with Crippen LogP contribution in [0.2, 0.25) is 0 Å². The minimum atomic E-state index is -0.445. The van der Waals surface area contributed by atoms with Crippen molar-refractivity contribution in [2.45, 2.75) is 44.6 Å². The van der Waals surface area contributed by atoms with Gasteiger partial charge in [0.25, 0.3) is 5.54 Å². The topological polar surface area (TPSA) is 21.4 Å². The van der Waals surface area contributed by atoms with Crippen LogP contribution in [0.25, 0.3) is 4.85 Å². The minimum Gasteiger partial charge on any atom is -0.305 e. The first-order valence-corrected chi connectivity index (χ1v) is 6.66. The van der Waals surface area contributed by atoms with Gasteiger partial charge in [0.1, 0.15) is 0 Å². The first-order chi connectivity index (χ1) is 8.62. The van der Waals surface area contributed by atoms with Crippen LogP contribution in [-0.4, -0.2) is 11.3 Å². The molecule has 2 unspecified atom stereocenters. The molecule has 0 saturated heterocycles. The summed E-state index contributed by atoms with van der Waals surface area (Å²) in [5, 5.41) is 0. The van der Waals surface area contributed by atoms with E-state index in [1.54, 1.807) is 6.08 Å². The molecule has 3 aliphatic rings. The van der Waals surface area contributed by atoms with Gasteiger partial charge in [0.2, 0.25) is 0 Å². The Morgan fingerprint density at radius 3 is 3.06 bits per heavy atom. The molecule has 2 nitrogen and oxygen atoms in total. The summed E-state index contributed by atoms with van der Waals surface area (Å²) in [5.41, 5.74) is 3.14. The zero-order chi connectivity index (χ0) is 12.8. The molecule has 0 fully saturated rings. The number of ketones is 1. The molecule has 0 bridgehead atoms. The quantitative estimate of drug-likeness (QED) is 0.467. The van der Waals surface area contributed by atoms with Crippen molar-refractivity contribution in [1.82, 2.24) is 0 Å². The van der Waals surface area contributed by atoms with Crippen molar-refractivity contribution in [2.75, 3.05) is 0 Å². The van der Waals surface area contributed by atoms with Crippen LogP contribution in [0.5, 0.6) is 0 Å². The van der Waals surface area contributed by atoms with E-state index in [4.69, 9.17) is 6.57 Å². The van der Waals surface area contributed by atoms with Crippen molar-refractivity contribution >= 4 is 5.78 Å². The number of hydrogen-bond acceptors (Lipinski definition) is 1. The number of fused-ring (bicyclic) bond motifs is 2. The molecule has 3 aliphatic carbocycles. The van der Waals surface area contributed by atoms with Gasteiger partial charge in [0.05, 0.1) is 6.42 Å². The molecular formula is C16H17NO. The van der Waals surface area contributed by atoms with Gasteiger partial charge < -0.3 is 4.85 Å². The number of hydrogen-bond donors (Lipinski definition) is 0. The van der Waals surface area contributed by atoms with Crippen molar-refractivity contribution in [3.05, 3.63) is 46.4 Å². The molecule has 0 radical (unpaired) electrons. The zero-order valence-corrected chi connectivity index (χ0v) is 10.7. The Labute approximate surface area is 108 Å². The maximum Gasteiger partial charge on any atom is 0.255 e. The molecule has 2 heteroatoms. The third kappa shape index (κ3) is 1.66. The lowest BCUT2D eigenvalue weighted by molar-refractivity contribution is -0.113. The van der Waals surface area contributed by atoms with Crippen LogP contribution in [0, 0.1) is 12.5 Å². The average molecular weight is 239 g/mol. The molecule has 3 rings (SSSR count). The highest BCUT2D eigenvalue weighted by Gasteiger charge is 2.44. The summed E-state index contributed by atoms with van der Waals surface area (Å²) in [5.74, 6) is 0.580. The van der Waals surface area contributed by atoms with Crippen LogP contribution >= 0.6 is 0 Å². The first kappa shape index (κ1) is 11.5. The fourth-order valence-corrected chi connectivity index (χ4v) is 3.48. The third-order valence-electron chi connectivity index (χ3n) is 4.40. The van der Waals surface area contributed by atoms with Gasteiger partial charge in [0.15, 0.2) is 5.78 Å². The highest BCUT2D eigenvalue weighted by Crippen LogP contribution is 2.46. The predicted octanol–water partition coefficient (Wildman–Crippen LogP) is 3.62. The van der Waals surface area contributed by atoms with Crippen molar-refractivity contribution < 1.29 is 4.79 Å². The van der Waals surface area contributed by atoms with Gasteiger partial charge in [-0.3, -0.25) is 4.79 Å². The first-order valence-electron chi connectivity index (χ1n) is 6.66. The normalized spacial score (nSPS) is 34.6. The summed E-state index contributed by atoms with van der Waals surface area (Å²) in [6.07, 6.45) is 11.0. The highest BCUT2D eigenvalue weighted by atomic mass is 16.1. The van der Waals surface area contributed by atoms with E-state index in [0.29, 0.717) is 18.8 Å². The molecule has 0 N–H and O–H groups in total. The molecule has 0 spiro atoms. The lowest BCUT2D eigenvalue weighted by Crippen LogP contribution is -2.28. The third-order valence-corrected chi connectivity index (χ3v) is 4.40. The summed E-state index contributed by atoms with van der Waals surface area (Å²) >= 11 is 0. The summed E-state index contributed by atoms with van der Waals surface area (Å²) in [7, 11) is 0. The highest BCUT2D eigenvalue weighted by molar-refractivity contribution is 5.97. The number of carbonyl (C=O) groups excluding carboxylic acids is 1. The minimum absolute atomic E-state index is 0.201. The van der Waals surface area contributed by atoms with E-state index < -0.39 is 5.54 Å². The van der Waals surface area contributed by atoms with Gasteiger partial charge in [0, 0.05) is 24.8 Å². The van der Waals surface area contributed by atoms with Crippen molar-refractivity contribution in [3.63, 3.8) is 0 Å². The lowest BCUT2D eigenvalue weighted by atomic mass is 9.76. The van der Waals surface area contributed by atoms with Crippen molar-refractivity contribution in [1.29, 1.82) is 0 Å². The summed E-state index contributed by atoms with van der Waals surface area (Å²) in [4.78, 5) is 15.5. The van der Waals surface area contributed by atoms with Gasteiger partial charge in [-0.15, -0.1) is 0 Å². The Kier molecular flexibility index (Phi) is 2.52. The van der Waals surface area contributed by atoms with Gasteiger partial charge >= 0.3 is 0 Å². The SMILES string of the molecule is [C-]#[N+]C1(C)CC2=CC(=O)CC2=CC2CCCC=C21. The summed E-state index contributed by atoms with van der Waals surface area (Å²) in [6, 6.07) is 0. The largest absolute Gasteiger partial charge is 0.305 e. The van der Waals surface area contributed by atoms with Gasteiger partial charge in [-0.2, -0.15) is 0 Å². The zero-order valence-electron chi connectivity index (χ0n) is 10.7. The Bertz CT molecular complexity index is 544. The molecule has 0 aromatic carbocycles. The van der Waals surface area contributed by atoms with Crippen molar-refractivity contribution in [2.24, 2.45) is 5.92 Å². The molecule has 0 heterocycles. The Balaban J connectivity index is 2.11. The van der Waals surface area contributed by atoms with E-state index in [1.807, 2.05) is 6.92 Å². The molecule has 0 aliphatic heterocycles. The number of allylic oxidation sites excluding steroid dienone is 4. The van der Waals surface area contributed by atoms with Gasteiger partial charge in [-0.25, -0.2) is 6.57 Å². The molecule has 92 valence electrons. The van der Waals surface area contributed by atoms with E-state index >= 15 is 0 Å². The average Bonchev–Trinajstić information content (AvgIpc) is 2.64. The molecular weight excluding hydrogens is 222 g/mol. The van der Waals surface area contributed by atoms with E-state index in [9.17, 15) is 4.79 Å². The standard InChI is InChI=1S/C16H17NO/c1-16(17-2)10-13-9-14(18)8-12(13)7-11-5-3-4-6-15(11)16/h6-7,9,11H,3-5,8,10H2,1H3. The van der Waals surface area contributed by atoms with Crippen LogP contribution in [-0.2, 0) is 4.79 Å². The molecule has 2 atom stereocenters. The molecule has 0 saturated carbocycles. The fourth-order valence-electron chi connectivity index (χ4n) is 3.48. The second-order valence-corrected chi connectivity index (χ2v) is 5.76. The monoisotopic (exact) mass is 239 g/mol. The Hall–Kier alpha value is -1.62. The Morgan fingerprint density at radius 1 is 1.44 bits per heavy atom. The molecule has 0 aromatic rings. The maximum absolute atomic E-state index is 11.6. The Morgan fingerprint density at radius 2 is 2.28 bits per heavy atom. The summed E-state index contributed by atoms with van der Waals surface area (Å²) < 4.78 is 0. The predicted molar refractivity (Wildman–Crippen MR) is 70.8 cm³/mol. The van der Waals surface area contributed by atoms with E-state index in [1.165, 1.54) is 17.6 Å². The molecule has 0 amide bonds. The van der Waals surface area contributed by atoms with Crippen LogP contribution in [0.1, 0.15) is 39.0 Å². The number of rotatable bonds is 0. The van der Waals surface area contributed by atoms with Crippen LogP contribution in [0.4, 0.5) is 0 Å². The number of carbonyl (C=O) groups is 1. The van der Waals surface area contributed by atoms with Crippen LogP contribution < -0.4 is 0 Å². The van der Waals surface area contributed by atoms with Crippen LogP contribution in [0.3, 0.4) is 0 Å². The summed E-state index contributed by atoms with van der Waals surface area (Å²) in [6.45, 7) is 9.60. The smallest absolute Gasteiger partial charge is 0.255 e. The fraction of sp³-hybridized carbons (Fsp3) is 0.500.